The zero-order valence-electron chi connectivity index (χ0n) is 18.4. The van der Waals surface area contributed by atoms with Crippen LogP contribution in [0.25, 0.3) is 0 Å². The van der Waals surface area contributed by atoms with E-state index in [0.29, 0.717) is 6.04 Å². The molecule has 1 saturated carbocycles. The Bertz CT molecular complexity index is 837. The van der Waals surface area contributed by atoms with E-state index < -0.39 is 0 Å². The van der Waals surface area contributed by atoms with Gasteiger partial charge in [0.2, 0.25) is 0 Å². The molecule has 1 saturated heterocycles. The number of amides is 2. The largest absolute Gasteiger partial charge is 0.335 e. The summed E-state index contributed by atoms with van der Waals surface area (Å²) < 4.78 is 0. The minimum atomic E-state index is 0.129. The number of nitrogens with one attached hydrogen (secondary N) is 1. The molecule has 0 spiro atoms. The summed E-state index contributed by atoms with van der Waals surface area (Å²) in [6.45, 7) is 7.73. The molecule has 160 valence electrons. The second kappa shape index (κ2) is 9.65. The van der Waals surface area contributed by atoms with Crippen LogP contribution < -0.4 is 5.32 Å². The Hall–Kier alpha value is -2.33. The van der Waals surface area contributed by atoms with Crippen LogP contribution in [0.4, 0.5) is 4.79 Å². The number of carbonyl (C=O) groups is 1. The third kappa shape index (κ3) is 4.86. The maximum Gasteiger partial charge on any atom is 0.317 e. The molecule has 0 radical (unpaired) electrons. The van der Waals surface area contributed by atoms with E-state index in [1.54, 1.807) is 0 Å². The minimum Gasteiger partial charge on any atom is -0.335 e. The molecule has 2 aromatic rings. The standard InChI is InChI=1S/C26H35N3O/c1-20-13-14-21(2)24(19-20)25(22-9-5-3-6-10-22)28-15-17-29(18-16-28)26(30)27-23-11-7-4-8-12-23/h3,5-6,9-10,13-14,19,23,25H,4,7-8,11-12,15-18H2,1-2H3,(H,27,30). The van der Waals surface area contributed by atoms with Gasteiger partial charge in [0.1, 0.15) is 0 Å². The topological polar surface area (TPSA) is 35.6 Å². The number of aryl methyl sites for hydroxylation is 2. The van der Waals surface area contributed by atoms with E-state index in [1.165, 1.54) is 41.5 Å². The molecule has 0 bridgehead atoms. The Morgan fingerprint density at radius 3 is 2.33 bits per heavy atom. The zero-order valence-corrected chi connectivity index (χ0v) is 18.4. The van der Waals surface area contributed by atoms with Crippen LogP contribution in [0.2, 0.25) is 0 Å². The van der Waals surface area contributed by atoms with Gasteiger partial charge in [0.05, 0.1) is 6.04 Å². The van der Waals surface area contributed by atoms with Crippen LogP contribution in [0.15, 0.2) is 48.5 Å². The molecule has 1 N–H and O–H groups in total. The number of hydrogen-bond acceptors (Lipinski definition) is 2. The average Bonchev–Trinajstić information content (AvgIpc) is 2.78. The lowest BCUT2D eigenvalue weighted by Gasteiger charge is -2.40. The lowest BCUT2D eigenvalue weighted by molar-refractivity contribution is 0.117. The van der Waals surface area contributed by atoms with Crippen molar-refractivity contribution in [3.05, 3.63) is 70.8 Å². The van der Waals surface area contributed by atoms with E-state index in [-0.39, 0.29) is 12.1 Å². The summed E-state index contributed by atoms with van der Waals surface area (Å²) in [5.74, 6) is 0. The lowest BCUT2D eigenvalue weighted by atomic mass is 9.92. The molecule has 4 nitrogen and oxygen atoms in total. The predicted octanol–water partition coefficient (Wildman–Crippen LogP) is 5.05. The predicted molar refractivity (Wildman–Crippen MR) is 123 cm³/mol. The molecule has 1 aliphatic carbocycles. The molecule has 1 atom stereocenters. The molecule has 4 rings (SSSR count). The Labute approximate surface area is 181 Å². The summed E-state index contributed by atoms with van der Waals surface area (Å²) in [6.07, 6.45) is 6.06. The maximum absolute atomic E-state index is 12.8. The SMILES string of the molecule is Cc1ccc(C)c(C(c2ccccc2)N2CCN(C(=O)NC3CCCCC3)CC2)c1. The van der Waals surface area contributed by atoms with Crippen LogP contribution in [0.1, 0.15) is 60.4 Å². The summed E-state index contributed by atoms with van der Waals surface area (Å²) in [5.41, 5.74) is 5.32. The highest BCUT2D eigenvalue weighted by Crippen LogP contribution is 2.32. The van der Waals surface area contributed by atoms with Crippen LogP contribution in [-0.2, 0) is 0 Å². The molecular weight excluding hydrogens is 370 g/mol. The van der Waals surface area contributed by atoms with Crippen LogP contribution in [0.3, 0.4) is 0 Å². The molecule has 30 heavy (non-hydrogen) atoms. The van der Waals surface area contributed by atoms with Gasteiger partial charge in [-0.05, 0) is 43.4 Å². The smallest absolute Gasteiger partial charge is 0.317 e. The van der Waals surface area contributed by atoms with E-state index in [4.69, 9.17) is 0 Å². The van der Waals surface area contributed by atoms with Gasteiger partial charge < -0.3 is 10.2 Å². The van der Waals surface area contributed by atoms with Crippen molar-refractivity contribution in [2.24, 2.45) is 0 Å². The highest BCUT2D eigenvalue weighted by Gasteiger charge is 2.29. The first-order valence-electron chi connectivity index (χ1n) is 11.5. The first-order chi connectivity index (χ1) is 14.6. The monoisotopic (exact) mass is 405 g/mol. The summed E-state index contributed by atoms with van der Waals surface area (Å²) in [5, 5.41) is 3.28. The van der Waals surface area contributed by atoms with Crippen molar-refractivity contribution in [2.75, 3.05) is 26.2 Å². The summed E-state index contributed by atoms with van der Waals surface area (Å²) in [6, 6.07) is 18.3. The van der Waals surface area contributed by atoms with Crippen LogP contribution in [-0.4, -0.2) is 48.1 Å². The van der Waals surface area contributed by atoms with Gasteiger partial charge >= 0.3 is 6.03 Å². The third-order valence-corrected chi connectivity index (χ3v) is 6.74. The molecule has 4 heteroatoms. The molecule has 2 aromatic carbocycles. The second-order valence-electron chi connectivity index (χ2n) is 8.98. The molecule has 1 heterocycles. The van der Waals surface area contributed by atoms with Crippen molar-refractivity contribution in [1.29, 1.82) is 0 Å². The Balaban J connectivity index is 1.47. The van der Waals surface area contributed by atoms with E-state index in [0.717, 1.165) is 39.0 Å². The zero-order chi connectivity index (χ0) is 20.9. The van der Waals surface area contributed by atoms with Crippen molar-refractivity contribution in [1.82, 2.24) is 15.1 Å². The molecule has 1 unspecified atom stereocenters. The van der Waals surface area contributed by atoms with Crippen LogP contribution >= 0.6 is 0 Å². The fourth-order valence-corrected chi connectivity index (χ4v) is 4.97. The summed E-state index contributed by atoms with van der Waals surface area (Å²) >= 11 is 0. The Morgan fingerprint density at radius 2 is 1.63 bits per heavy atom. The highest BCUT2D eigenvalue weighted by atomic mass is 16.2. The molecule has 2 aliphatic rings. The number of carbonyl (C=O) groups excluding carboxylic acids is 1. The van der Waals surface area contributed by atoms with Gasteiger partial charge in [-0.15, -0.1) is 0 Å². The van der Waals surface area contributed by atoms with Gasteiger partial charge in [-0.1, -0.05) is 73.4 Å². The van der Waals surface area contributed by atoms with Gasteiger partial charge in [0.15, 0.2) is 0 Å². The van der Waals surface area contributed by atoms with Gasteiger partial charge in [-0.3, -0.25) is 4.90 Å². The molecule has 1 aliphatic heterocycles. The van der Waals surface area contributed by atoms with Gasteiger partial charge in [-0.2, -0.15) is 0 Å². The van der Waals surface area contributed by atoms with Crippen molar-refractivity contribution in [3.63, 3.8) is 0 Å². The Morgan fingerprint density at radius 1 is 0.933 bits per heavy atom. The molecular formula is C26H35N3O. The third-order valence-electron chi connectivity index (χ3n) is 6.74. The second-order valence-corrected chi connectivity index (χ2v) is 8.98. The Kier molecular flexibility index (Phi) is 6.73. The number of piperazine rings is 1. The van der Waals surface area contributed by atoms with Crippen molar-refractivity contribution in [2.45, 2.75) is 58.0 Å². The fraction of sp³-hybridized carbons (Fsp3) is 0.500. The van der Waals surface area contributed by atoms with Crippen molar-refractivity contribution >= 4 is 6.03 Å². The quantitative estimate of drug-likeness (QED) is 0.772. The van der Waals surface area contributed by atoms with Crippen molar-refractivity contribution < 1.29 is 4.79 Å². The summed E-state index contributed by atoms with van der Waals surface area (Å²) in [7, 11) is 0. The number of benzene rings is 2. The van der Waals surface area contributed by atoms with E-state index in [2.05, 4.69) is 72.6 Å². The van der Waals surface area contributed by atoms with Gasteiger partial charge in [-0.25, -0.2) is 4.79 Å². The van der Waals surface area contributed by atoms with E-state index in [9.17, 15) is 4.79 Å². The van der Waals surface area contributed by atoms with Crippen molar-refractivity contribution in [3.8, 4) is 0 Å². The normalized spacial score (nSPS) is 19.5. The molecule has 0 aromatic heterocycles. The highest BCUT2D eigenvalue weighted by molar-refractivity contribution is 5.74. The fourth-order valence-electron chi connectivity index (χ4n) is 4.97. The lowest BCUT2D eigenvalue weighted by Crippen LogP contribution is -2.54. The number of hydrogen-bond donors (Lipinski definition) is 1. The van der Waals surface area contributed by atoms with Crippen LogP contribution in [0.5, 0.6) is 0 Å². The van der Waals surface area contributed by atoms with Gasteiger partial charge in [0.25, 0.3) is 0 Å². The average molecular weight is 406 g/mol. The number of urea groups is 1. The summed E-state index contributed by atoms with van der Waals surface area (Å²) in [4.78, 5) is 17.3. The molecule has 2 amide bonds. The van der Waals surface area contributed by atoms with E-state index in [1.807, 2.05) is 4.90 Å². The molecule has 2 fully saturated rings. The van der Waals surface area contributed by atoms with Crippen LogP contribution in [0, 0.1) is 13.8 Å². The minimum absolute atomic E-state index is 0.129. The van der Waals surface area contributed by atoms with E-state index >= 15 is 0 Å². The number of rotatable bonds is 4. The maximum atomic E-state index is 12.8. The first-order valence-corrected chi connectivity index (χ1v) is 11.5. The first kappa shape index (κ1) is 20.9. The number of nitrogens with zero attached hydrogens (tertiary/aromatic N) is 2. The van der Waals surface area contributed by atoms with Gasteiger partial charge in [0, 0.05) is 32.2 Å².